The number of anilines is 1. The van der Waals surface area contributed by atoms with E-state index < -0.39 is 15.9 Å². The Labute approximate surface area is 179 Å². The quantitative estimate of drug-likeness (QED) is 0.553. The summed E-state index contributed by atoms with van der Waals surface area (Å²) in [6, 6.07) is 12.8. The highest BCUT2D eigenvalue weighted by molar-refractivity contribution is 7.89. The molecule has 1 fully saturated rings. The SMILES string of the molecule is COc1ccc(C(=O)Nc2ccc(Oc3ncccn3)cc2)cc1S(=O)(=O)NC1CC1. The van der Waals surface area contributed by atoms with Gasteiger partial charge in [-0.2, -0.15) is 0 Å². The van der Waals surface area contributed by atoms with Crippen LogP contribution in [0.3, 0.4) is 0 Å². The van der Waals surface area contributed by atoms with E-state index in [0.29, 0.717) is 11.4 Å². The normalized spacial score (nSPS) is 13.5. The summed E-state index contributed by atoms with van der Waals surface area (Å²) in [5.41, 5.74) is 0.706. The Morgan fingerprint density at radius 2 is 1.77 bits per heavy atom. The van der Waals surface area contributed by atoms with Gasteiger partial charge in [-0.3, -0.25) is 4.79 Å². The average molecular weight is 440 g/mol. The molecule has 1 saturated carbocycles. The summed E-state index contributed by atoms with van der Waals surface area (Å²) in [4.78, 5) is 20.6. The number of aromatic nitrogens is 2. The molecule has 2 aromatic carbocycles. The minimum atomic E-state index is -3.79. The van der Waals surface area contributed by atoms with Crippen molar-refractivity contribution in [1.82, 2.24) is 14.7 Å². The first kappa shape index (κ1) is 20.8. The molecule has 10 heteroatoms. The Morgan fingerprint density at radius 1 is 1.06 bits per heavy atom. The van der Waals surface area contributed by atoms with E-state index in [0.717, 1.165) is 12.8 Å². The molecular formula is C21H20N4O5S. The smallest absolute Gasteiger partial charge is 0.321 e. The number of rotatable bonds is 8. The predicted molar refractivity (Wildman–Crippen MR) is 113 cm³/mol. The van der Waals surface area contributed by atoms with Gasteiger partial charge in [0.2, 0.25) is 10.0 Å². The van der Waals surface area contributed by atoms with Crippen LogP contribution in [-0.4, -0.2) is 37.4 Å². The Hall–Kier alpha value is -3.50. The van der Waals surface area contributed by atoms with Crippen LogP contribution in [0.15, 0.2) is 65.8 Å². The number of nitrogens with one attached hydrogen (secondary N) is 2. The lowest BCUT2D eigenvalue weighted by Crippen LogP contribution is -2.26. The average Bonchev–Trinajstić information content (AvgIpc) is 3.58. The van der Waals surface area contributed by atoms with Gasteiger partial charge in [-0.05, 0) is 61.4 Å². The van der Waals surface area contributed by atoms with Crippen LogP contribution >= 0.6 is 0 Å². The zero-order chi connectivity index (χ0) is 21.8. The van der Waals surface area contributed by atoms with Crippen LogP contribution in [0, 0.1) is 0 Å². The largest absolute Gasteiger partial charge is 0.495 e. The molecule has 0 aliphatic heterocycles. The van der Waals surface area contributed by atoms with E-state index in [-0.39, 0.29) is 28.3 Å². The van der Waals surface area contributed by atoms with Crippen molar-refractivity contribution in [1.29, 1.82) is 0 Å². The lowest BCUT2D eigenvalue weighted by atomic mass is 10.2. The van der Waals surface area contributed by atoms with Gasteiger partial charge in [-0.1, -0.05) is 0 Å². The van der Waals surface area contributed by atoms with E-state index in [1.54, 1.807) is 42.7 Å². The van der Waals surface area contributed by atoms with Crippen LogP contribution < -0.4 is 19.5 Å². The van der Waals surface area contributed by atoms with Crippen molar-refractivity contribution in [3.63, 3.8) is 0 Å². The lowest BCUT2D eigenvalue weighted by Gasteiger charge is -2.12. The van der Waals surface area contributed by atoms with Gasteiger partial charge in [0.25, 0.3) is 5.91 Å². The molecule has 1 heterocycles. The maximum atomic E-state index is 12.7. The number of hydrogen-bond donors (Lipinski definition) is 2. The van der Waals surface area contributed by atoms with Crippen molar-refractivity contribution in [3.8, 4) is 17.5 Å². The van der Waals surface area contributed by atoms with Crippen molar-refractivity contribution in [2.75, 3.05) is 12.4 Å². The molecule has 160 valence electrons. The van der Waals surface area contributed by atoms with Gasteiger partial charge in [-0.25, -0.2) is 23.1 Å². The lowest BCUT2D eigenvalue weighted by molar-refractivity contribution is 0.102. The standard InChI is InChI=1S/C21H20N4O5S/c1-29-18-10-3-14(13-19(18)31(27,28)25-16-4-5-16)20(26)24-15-6-8-17(9-7-15)30-21-22-11-2-12-23-21/h2-3,6-13,16,25H,4-5H2,1H3,(H,24,26). The summed E-state index contributed by atoms with van der Waals surface area (Å²) in [6.45, 7) is 0. The van der Waals surface area contributed by atoms with Gasteiger partial charge in [0.05, 0.1) is 7.11 Å². The van der Waals surface area contributed by atoms with Crippen LogP contribution in [0.1, 0.15) is 23.2 Å². The van der Waals surface area contributed by atoms with Crippen molar-refractivity contribution >= 4 is 21.6 Å². The van der Waals surface area contributed by atoms with Crippen molar-refractivity contribution in [2.24, 2.45) is 0 Å². The number of carbonyl (C=O) groups is 1. The van der Waals surface area contributed by atoms with Crippen molar-refractivity contribution < 1.29 is 22.7 Å². The third-order valence-electron chi connectivity index (χ3n) is 4.48. The summed E-state index contributed by atoms with van der Waals surface area (Å²) in [5.74, 6) is 0.230. The highest BCUT2D eigenvalue weighted by Gasteiger charge is 2.30. The highest BCUT2D eigenvalue weighted by atomic mass is 32.2. The number of benzene rings is 2. The van der Waals surface area contributed by atoms with Crippen LogP contribution in [0.4, 0.5) is 5.69 Å². The van der Waals surface area contributed by atoms with Gasteiger partial charge in [0.15, 0.2) is 0 Å². The summed E-state index contributed by atoms with van der Waals surface area (Å²) < 4.78 is 38.6. The zero-order valence-corrected chi connectivity index (χ0v) is 17.4. The number of nitrogens with zero attached hydrogens (tertiary/aromatic N) is 2. The predicted octanol–water partition coefficient (Wildman–Crippen LogP) is 2.97. The second-order valence-electron chi connectivity index (χ2n) is 6.87. The van der Waals surface area contributed by atoms with Crippen LogP contribution in [0.2, 0.25) is 0 Å². The fraction of sp³-hybridized carbons (Fsp3) is 0.190. The molecule has 0 spiro atoms. The van der Waals surface area contributed by atoms with Gasteiger partial charge in [0, 0.05) is 29.7 Å². The van der Waals surface area contributed by atoms with E-state index in [2.05, 4.69) is 20.0 Å². The molecule has 4 rings (SSSR count). The first-order valence-corrected chi connectivity index (χ1v) is 11.0. The Kier molecular flexibility index (Phi) is 5.83. The Balaban J connectivity index is 1.48. The second-order valence-corrected chi connectivity index (χ2v) is 8.56. The monoisotopic (exact) mass is 440 g/mol. The molecule has 0 saturated heterocycles. The molecule has 0 bridgehead atoms. The van der Waals surface area contributed by atoms with Crippen LogP contribution in [0.5, 0.6) is 17.5 Å². The highest BCUT2D eigenvalue weighted by Crippen LogP contribution is 2.29. The molecule has 0 radical (unpaired) electrons. The minimum absolute atomic E-state index is 0.0609. The van der Waals surface area contributed by atoms with E-state index in [1.807, 2.05) is 0 Å². The molecule has 0 atom stereocenters. The molecule has 9 nitrogen and oxygen atoms in total. The minimum Gasteiger partial charge on any atom is -0.495 e. The van der Waals surface area contributed by atoms with E-state index in [9.17, 15) is 13.2 Å². The summed E-state index contributed by atoms with van der Waals surface area (Å²) in [5, 5.41) is 2.74. The molecule has 3 aromatic rings. The Morgan fingerprint density at radius 3 is 2.42 bits per heavy atom. The first-order chi connectivity index (χ1) is 14.9. The van der Waals surface area contributed by atoms with Gasteiger partial charge in [-0.15, -0.1) is 0 Å². The number of methoxy groups -OCH3 is 1. The number of hydrogen-bond acceptors (Lipinski definition) is 7. The van der Waals surface area contributed by atoms with E-state index in [4.69, 9.17) is 9.47 Å². The Bertz CT molecular complexity index is 1180. The van der Waals surface area contributed by atoms with E-state index >= 15 is 0 Å². The molecule has 2 N–H and O–H groups in total. The number of ether oxygens (including phenoxy) is 2. The maximum absolute atomic E-state index is 12.7. The van der Waals surface area contributed by atoms with Gasteiger partial charge < -0.3 is 14.8 Å². The number of carbonyl (C=O) groups excluding carboxylic acids is 1. The van der Waals surface area contributed by atoms with Crippen molar-refractivity contribution in [2.45, 2.75) is 23.8 Å². The molecule has 1 amide bonds. The number of amides is 1. The number of sulfonamides is 1. The second kappa shape index (κ2) is 8.70. The topological polar surface area (TPSA) is 120 Å². The molecule has 31 heavy (non-hydrogen) atoms. The van der Waals surface area contributed by atoms with Gasteiger partial charge in [0.1, 0.15) is 16.4 Å². The first-order valence-electron chi connectivity index (χ1n) is 9.51. The van der Waals surface area contributed by atoms with Crippen LogP contribution in [-0.2, 0) is 10.0 Å². The van der Waals surface area contributed by atoms with Crippen molar-refractivity contribution in [3.05, 3.63) is 66.5 Å². The molecule has 1 aromatic heterocycles. The summed E-state index contributed by atoms with van der Waals surface area (Å²) in [6.07, 6.45) is 4.75. The van der Waals surface area contributed by atoms with Gasteiger partial charge >= 0.3 is 6.01 Å². The third kappa shape index (κ3) is 5.16. The summed E-state index contributed by atoms with van der Waals surface area (Å²) in [7, 11) is -2.40. The van der Waals surface area contributed by atoms with E-state index in [1.165, 1.54) is 25.3 Å². The summed E-state index contributed by atoms with van der Waals surface area (Å²) >= 11 is 0. The third-order valence-corrected chi connectivity index (χ3v) is 6.02. The zero-order valence-electron chi connectivity index (χ0n) is 16.6. The molecular weight excluding hydrogens is 420 g/mol. The molecule has 1 aliphatic rings. The fourth-order valence-corrected chi connectivity index (χ4v) is 4.26. The van der Waals surface area contributed by atoms with Crippen LogP contribution in [0.25, 0.3) is 0 Å². The molecule has 1 aliphatic carbocycles. The molecule has 0 unspecified atom stereocenters. The fourth-order valence-electron chi connectivity index (χ4n) is 2.77. The maximum Gasteiger partial charge on any atom is 0.321 e.